The molecule has 2 atom stereocenters. The van der Waals surface area contributed by atoms with Crippen molar-refractivity contribution in [2.75, 3.05) is 13.1 Å². The molecule has 0 aromatic heterocycles. The van der Waals surface area contributed by atoms with E-state index in [1.807, 2.05) is 0 Å². The fourth-order valence-corrected chi connectivity index (χ4v) is 11.6. The number of likely N-dealkylation sites (tertiary alicyclic amines) is 1. The number of fused-ring (bicyclic) bond motifs is 2. The molecular weight excluding hydrogens is 358 g/mol. The van der Waals surface area contributed by atoms with Crippen LogP contribution in [0, 0.1) is 12.0 Å². The highest BCUT2D eigenvalue weighted by atomic mass is 28.4. The summed E-state index contributed by atoms with van der Waals surface area (Å²) < 4.78 is 7.11. The van der Waals surface area contributed by atoms with Crippen molar-refractivity contribution in [2.24, 2.45) is 5.92 Å². The van der Waals surface area contributed by atoms with Crippen molar-refractivity contribution in [3.8, 4) is 5.75 Å². The van der Waals surface area contributed by atoms with Gasteiger partial charge in [0, 0.05) is 12.1 Å². The van der Waals surface area contributed by atoms with Crippen molar-refractivity contribution in [1.82, 2.24) is 4.90 Å². The van der Waals surface area contributed by atoms with Crippen LogP contribution in [0.2, 0.25) is 16.6 Å². The first-order valence-corrected chi connectivity index (χ1v) is 13.9. The molecule has 0 spiro atoms. The zero-order valence-corrected chi connectivity index (χ0v) is 20.3. The van der Waals surface area contributed by atoms with Gasteiger partial charge in [0.1, 0.15) is 5.75 Å². The summed E-state index contributed by atoms with van der Waals surface area (Å²) in [7, 11) is -1.94. The monoisotopic (exact) mass is 400 g/mol. The lowest BCUT2D eigenvalue weighted by Crippen LogP contribution is -2.51. The Bertz CT molecular complexity index is 630. The third kappa shape index (κ3) is 3.94. The fourth-order valence-electron chi connectivity index (χ4n) is 6.39. The number of piperidine rings is 1. The Morgan fingerprint density at radius 1 is 1.11 bits per heavy atom. The average Bonchev–Trinajstić information content (AvgIpc) is 2.64. The third-order valence-electron chi connectivity index (χ3n) is 7.59. The molecule has 0 unspecified atom stereocenters. The summed E-state index contributed by atoms with van der Waals surface area (Å²) in [5.41, 5.74) is 4.81. The standard InChI is InChI=1S/C25H42NOSi/c1-8-14-26-15-10-12-22-16-23-21(17-24(22)26)11-9-13-25(23)27-28(18(2)3,19(4)5)20(6)7/h9,11,18-20,22,24H,8,10,12,14-17H2,1-7H3/t22-,24-/m1/s1. The molecule has 1 aliphatic carbocycles. The quantitative estimate of drug-likeness (QED) is 0.476. The van der Waals surface area contributed by atoms with E-state index in [4.69, 9.17) is 4.43 Å². The van der Waals surface area contributed by atoms with E-state index in [-0.39, 0.29) is 0 Å². The highest BCUT2D eigenvalue weighted by molar-refractivity contribution is 6.78. The maximum absolute atomic E-state index is 7.11. The van der Waals surface area contributed by atoms with Crippen LogP contribution in [-0.4, -0.2) is 32.3 Å². The topological polar surface area (TPSA) is 12.5 Å². The molecule has 1 fully saturated rings. The molecule has 2 aliphatic rings. The van der Waals surface area contributed by atoms with Gasteiger partial charge in [-0.25, -0.2) is 0 Å². The smallest absolute Gasteiger partial charge is 0.258 e. The van der Waals surface area contributed by atoms with E-state index < -0.39 is 8.32 Å². The second-order valence-electron chi connectivity index (χ2n) is 10.1. The minimum atomic E-state index is -1.94. The van der Waals surface area contributed by atoms with Crippen LogP contribution < -0.4 is 4.43 Å². The molecular formula is C25H42NOSi. The summed E-state index contributed by atoms with van der Waals surface area (Å²) in [5, 5.41) is 0. The summed E-state index contributed by atoms with van der Waals surface area (Å²) in [6, 6.07) is 8.73. The Morgan fingerprint density at radius 2 is 1.79 bits per heavy atom. The predicted octanol–water partition coefficient (Wildman–Crippen LogP) is 6.63. The lowest BCUT2D eigenvalue weighted by atomic mass is 9.75. The van der Waals surface area contributed by atoms with E-state index in [9.17, 15) is 0 Å². The highest BCUT2D eigenvalue weighted by Gasteiger charge is 2.47. The molecule has 1 aromatic rings. The molecule has 3 rings (SSSR count). The Morgan fingerprint density at radius 3 is 2.39 bits per heavy atom. The Labute approximate surface area is 175 Å². The van der Waals surface area contributed by atoms with E-state index in [2.05, 4.69) is 71.6 Å². The summed E-state index contributed by atoms with van der Waals surface area (Å²) in [4.78, 5) is 2.77. The van der Waals surface area contributed by atoms with Gasteiger partial charge < -0.3 is 4.43 Å². The summed E-state index contributed by atoms with van der Waals surface area (Å²) >= 11 is 0. The van der Waals surface area contributed by atoms with E-state index in [1.165, 1.54) is 56.3 Å². The second kappa shape index (κ2) is 8.91. The number of benzene rings is 1. The summed E-state index contributed by atoms with van der Waals surface area (Å²) in [5.74, 6) is 1.89. The highest BCUT2D eigenvalue weighted by Crippen LogP contribution is 2.45. The molecule has 2 nitrogen and oxygen atoms in total. The van der Waals surface area contributed by atoms with Crippen LogP contribution in [0.3, 0.4) is 0 Å². The van der Waals surface area contributed by atoms with Gasteiger partial charge >= 0.3 is 0 Å². The molecule has 0 N–H and O–H groups in total. The van der Waals surface area contributed by atoms with Gasteiger partial charge in [-0.3, -0.25) is 4.90 Å². The van der Waals surface area contributed by atoms with Crippen molar-refractivity contribution in [2.45, 2.75) is 103 Å². The van der Waals surface area contributed by atoms with Gasteiger partial charge in [0.15, 0.2) is 0 Å². The Kier molecular flexibility index (Phi) is 6.97. The van der Waals surface area contributed by atoms with E-state index in [1.54, 1.807) is 0 Å². The van der Waals surface area contributed by atoms with Crippen LogP contribution in [0.25, 0.3) is 0 Å². The van der Waals surface area contributed by atoms with Gasteiger partial charge in [-0.15, -0.1) is 0 Å². The SMILES string of the molecule is CCCN1CCC[C@@H]2Cc3c(O[Si](C(C)C)(C(C)C)C(C)C)[c]ccc3C[C@H]21. The van der Waals surface area contributed by atoms with Gasteiger partial charge in [0.25, 0.3) is 8.32 Å². The van der Waals surface area contributed by atoms with Crippen molar-refractivity contribution in [3.05, 3.63) is 29.3 Å². The zero-order chi connectivity index (χ0) is 20.5. The van der Waals surface area contributed by atoms with Crippen LogP contribution in [0.15, 0.2) is 12.1 Å². The lowest BCUT2D eigenvalue weighted by Gasteiger charge is -2.46. The summed E-state index contributed by atoms with van der Waals surface area (Å²) in [6.45, 7) is 19.1. The molecule has 1 aliphatic heterocycles. The van der Waals surface area contributed by atoms with Crippen molar-refractivity contribution >= 4 is 8.32 Å². The van der Waals surface area contributed by atoms with Crippen molar-refractivity contribution in [3.63, 3.8) is 0 Å². The van der Waals surface area contributed by atoms with Crippen LogP contribution in [-0.2, 0) is 12.8 Å². The molecule has 0 saturated carbocycles. The van der Waals surface area contributed by atoms with Crippen molar-refractivity contribution in [1.29, 1.82) is 0 Å². The summed E-state index contributed by atoms with van der Waals surface area (Å²) in [6.07, 6.45) is 6.38. The number of nitrogens with zero attached hydrogens (tertiary/aromatic N) is 1. The Hall–Kier alpha value is -0.803. The zero-order valence-electron chi connectivity index (χ0n) is 19.3. The number of hydrogen-bond acceptors (Lipinski definition) is 2. The van der Waals surface area contributed by atoms with Gasteiger partial charge in [-0.2, -0.15) is 0 Å². The molecule has 28 heavy (non-hydrogen) atoms. The van der Waals surface area contributed by atoms with Gasteiger partial charge in [0.05, 0.1) is 0 Å². The molecule has 1 saturated heterocycles. The third-order valence-corrected chi connectivity index (χ3v) is 13.6. The number of hydrogen-bond donors (Lipinski definition) is 0. The van der Waals surface area contributed by atoms with Gasteiger partial charge in [0.2, 0.25) is 0 Å². The maximum Gasteiger partial charge on any atom is 0.258 e. The molecule has 1 radical (unpaired) electrons. The molecule has 0 amide bonds. The molecule has 3 heteroatoms. The minimum absolute atomic E-state index is 0.600. The lowest BCUT2D eigenvalue weighted by molar-refractivity contribution is 0.0851. The predicted molar refractivity (Wildman–Crippen MR) is 123 cm³/mol. The van der Waals surface area contributed by atoms with E-state index in [0.717, 1.165) is 17.7 Å². The number of rotatable bonds is 7. The largest absolute Gasteiger partial charge is 0.542 e. The normalized spacial score (nSPS) is 23.2. The molecule has 157 valence electrons. The first-order valence-electron chi connectivity index (χ1n) is 11.8. The van der Waals surface area contributed by atoms with Gasteiger partial charge in [-0.1, -0.05) is 60.6 Å². The first-order chi connectivity index (χ1) is 13.3. The molecule has 0 bridgehead atoms. The average molecular weight is 401 g/mol. The molecule has 1 aromatic carbocycles. The van der Waals surface area contributed by atoms with Crippen LogP contribution in [0.1, 0.15) is 78.9 Å². The van der Waals surface area contributed by atoms with Crippen LogP contribution in [0.5, 0.6) is 5.75 Å². The van der Waals surface area contributed by atoms with E-state index >= 15 is 0 Å². The minimum Gasteiger partial charge on any atom is -0.542 e. The van der Waals surface area contributed by atoms with Gasteiger partial charge in [-0.05, 0) is 78.9 Å². The van der Waals surface area contributed by atoms with Crippen LogP contribution >= 0.6 is 0 Å². The maximum atomic E-state index is 7.11. The first kappa shape index (κ1) is 21.9. The van der Waals surface area contributed by atoms with Crippen molar-refractivity contribution < 1.29 is 4.43 Å². The van der Waals surface area contributed by atoms with Crippen LogP contribution in [0.4, 0.5) is 0 Å². The fraction of sp³-hybridized carbons (Fsp3) is 0.760. The Balaban J connectivity index is 1.94. The van der Waals surface area contributed by atoms with E-state index in [0.29, 0.717) is 16.6 Å². The second-order valence-corrected chi connectivity index (χ2v) is 15.5. The molecule has 1 heterocycles.